The molecule has 0 atom stereocenters. The van der Waals surface area contributed by atoms with Gasteiger partial charge in [0.25, 0.3) is 5.91 Å². The highest BCUT2D eigenvalue weighted by Gasteiger charge is 2.33. The molecule has 3 aromatic carbocycles. The lowest BCUT2D eigenvalue weighted by molar-refractivity contribution is -0.122. The second-order valence-electron chi connectivity index (χ2n) is 7.88. The highest BCUT2D eigenvalue weighted by Crippen LogP contribution is 2.38. The van der Waals surface area contributed by atoms with Crippen LogP contribution in [0.5, 0.6) is 11.5 Å². The van der Waals surface area contributed by atoms with E-state index in [0.717, 1.165) is 26.1 Å². The molecule has 0 aromatic heterocycles. The molecule has 0 unspecified atom stereocenters. The highest BCUT2D eigenvalue weighted by atomic mass is 127. The molecule has 4 rings (SSSR count). The zero-order valence-corrected chi connectivity index (χ0v) is 25.4. The van der Waals surface area contributed by atoms with Gasteiger partial charge in [-0.25, -0.2) is 4.99 Å². The van der Waals surface area contributed by atoms with E-state index >= 15 is 0 Å². The van der Waals surface area contributed by atoms with Crippen molar-refractivity contribution >= 4 is 84.7 Å². The Morgan fingerprint density at radius 1 is 1.11 bits per heavy atom. The van der Waals surface area contributed by atoms with E-state index in [4.69, 9.17) is 30.8 Å². The minimum Gasteiger partial charge on any atom is -0.497 e. The number of nitrogens with zero attached hydrogens (tertiary/aromatic N) is 2. The molecule has 0 saturated carbocycles. The molecule has 0 N–H and O–H groups in total. The van der Waals surface area contributed by atoms with E-state index in [0.29, 0.717) is 45.1 Å². The van der Waals surface area contributed by atoms with Crippen LogP contribution < -0.4 is 9.47 Å². The van der Waals surface area contributed by atoms with Crippen molar-refractivity contribution < 1.29 is 19.0 Å². The van der Waals surface area contributed by atoms with Crippen LogP contribution in [0.3, 0.4) is 0 Å². The lowest BCUT2D eigenvalue weighted by Gasteiger charge is -2.14. The molecule has 0 radical (unpaired) electrons. The number of amidine groups is 1. The van der Waals surface area contributed by atoms with Crippen LogP contribution in [-0.4, -0.2) is 43.3 Å². The number of benzene rings is 3. The standard InChI is InChI=1S/C27H23BrClIN2O4S/c1-34-12-11-32-26(33)24(37-27(32)31-20-7-9-21(35-2)10-8-20)15-18-13-22(28)25(23(29)14-18)36-16-17-3-5-19(30)6-4-17/h3-10,13-15H,11-12,16H2,1-2H3/b24-15-,31-27?. The van der Waals surface area contributed by atoms with Crippen LogP contribution >= 0.6 is 61.9 Å². The second kappa shape index (κ2) is 13.1. The second-order valence-corrected chi connectivity index (χ2v) is 11.4. The molecular formula is C27H23BrClIN2O4S. The normalized spacial score (nSPS) is 15.6. The van der Waals surface area contributed by atoms with Gasteiger partial charge in [-0.2, -0.15) is 0 Å². The van der Waals surface area contributed by atoms with Crippen molar-refractivity contribution in [2.45, 2.75) is 6.61 Å². The number of methoxy groups -OCH3 is 2. The van der Waals surface area contributed by atoms with E-state index in [-0.39, 0.29) is 5.91 Å². The first-order valence-electron chi connectivity index (χ1n) is 11.2. The van der Waals surface area contributed by atoms with Gasteiger partial charge in [0.1, 0.15) is 12.4 Å². The van der Waals surface area contributed by atoms with Gasteiger partial charge in [0.15, 0.2) is 10.9 Å². The van der Waals surface area contributed by atoms with E-state index in [9.17, 15) is 4.79 Å². The van der Waals surface area contributed by atoms with Gasteiger partial charge in [-0.3, -0.25) is 9.69 Å². The number of thioether (sulfide) groups is 1. The van der Waals surface area contributed by atoms with Gasteiger partial charge in [-0.1, -0.05) is 23.7 Å². The van der Waals surface area contributed by atoms with E-state index in [2.05, 4.69) is 38.5 Å². The largest absolute Gasteiger partial charge is 0.497 e. The summed E-state index contributed by atoms with van der Waals surface area (Å²) in [5.41, 5.74) is 2.54. The van der Waals surface area contributed by atoms with Gasteiger partial charge in [0.05, 0.1) is 40.3 Å². The number of amides is 1. The Hall–Kier alpha value is -2.05. The molecular weight excluding hydrogens is 691 g/mol. The Labute approximate surface area is 247 Å². The van der Waals surface area contributed by atoms with Gasteiger partial charge in [-0.15, -0.1) is 0 Å². The molecule has 1 amide bonds. The van der Waals surface area contributed by atoms with Crippen molar-refractivity contribution in [2.24, 2.45) is 4.99 Å². The molecule has 6 nitrogen and oxygen atoms in total. The van der Waals surface area contributed by atoms with Crippen LogP contribution in [-0.2, 0) is 16.1 Å². The Morgan fingerprint density at radius 2 is 1.84 bits per heavy atom. The molecule has 1 aliphatic heterocycles. The molecule has 1 saturated heterocycles. The van der Waals surface area contributed by atoms with Crippen molar-refractivity contribution in [2.75, 3.05) is 27.4 Å². The summed E-state index contributed by atoms with van der Waals surface area (Å²) in [5.74, 6) is 1.15. The number of hydrogen-bond donors (Lipinski definition) is 0. The predicted molar refractivity (Wildman–Crippen MR) is 162 cm³/mol. The van der Waals surface area contributed by atoms with Crippen LogP contribution in [0, 0.1) is 3.57 Å². The minimum absolute atomic E-state index is 0.138. The number of halogens is 3. The minimum atomic E-state index is -0.138. The number of aliphatic imine (C=N–C) groups is 1. The summed E-state index contributed by atoms with van der Waals surface area (Å²) in [7, 11) is 3.22. The maximum atomic E-state index is 13.2. The summed E-state index contributed by atoms with van der Waals surface area (Å²) in [5, 5.41) is 1.03. The lowest BCUT2D eigenvalue weighted by atomic mass is 10.2. The first-order chi connectivity index (χ1) is 17.9. The summed E-state index contributed by atoms with van der Waals surface area (Å²) in [6, 6.07) is 19.1. The fraction of sp³-hybridized carbons (Fsp3) is 0.185. The molecule has 0 aliphatic carbocycles. The van der Waals surface area contributed by atoms with Gasteiger partial charge in [-0.05, 0) is 116 Å². The van der Waals surface area contributed by atoms with E-state index in [1.165, 1.54) is 11.8 Å². The van der Waals surface area contributed by atoms with Crippen molar-refractivity contribution in [3.63, 3.8) is 0 Å². The number of carbonyl (C=O) groups is 1. The third-order valence-electron chi connectivity index (χ3n) is 5.32. The van der Waals surface area contributed by atoms with Crippen LogP contribution in [0.25, 0.3) is 6.08 Å². The molecule has 10 heteroatoms. The average molecular weight is 714 g/mol. The fourth-order valence-electron chi connectivity index (χ4n) is 3.43. The smallest absolute Gasteiger partial charge is 0.266 e. The Balaban J connectivity index is 1.56. The summed E-state index contributed by atoms with van der Waals surface area (Å²) in [4.78, 5) is 20.1. The summed E-state index contributed by atoms with van der Waals surface area (Å²) < 4.78 is 18.3. The van der Waals surface area contributed by atoms with Crippen molar-refractivity contribution in [3.8, 4) is 11.5 Å². The number of rotatable bonds is 9. The number of ether oxygens (including phenoxy) is 3. The Bertz CT molecular complexity index is 1310. The van der Waals surface area contributed by atoms with E-state index < -0.39 is 0 Å². The van der Waals surface area contributed by atoms with Crippen molar-refractivity contribution in [1.29, 1.82) is 0 Å². The quantitative estimate of drug-likeness (QED) is 0.170. The number of carbonyl (C=O) groups excluding carboxylic acids is 1. The SMILES string of the molecule is COCCN1C(=O)/C(=C/c2cc(Cl)c(OCc3ccc(I)cc3)c(Br)c2)SC1=Nc1ccc(OC)cc1. The van der Waals surface area contributed by atoms with Crippen molar-refractivity contribution in [3.05, 3.63) is 89.8 Å². The molecule has 0 bridgehead atoms. The van der Waals surface area contributed by atoms with Crippen LogP contribution in [0.2, 0.25) is 5.02 Å². The van der Waals surface area contributed by atoms with Gasteiger partial charge < -0.3 is 14.2 Å². The fourth-order valence-corrected chi connectivity index (χ4v) is 5.80. The third kappa shape index (κ3) is 7.29. The van der Waals surface area contributed by atoms with E-state index in [1.54, 1.807) is 25.2 Å². The number of hydrogen-bond acceptors (Lipinski definition) is 6. The topological polar surface area (TPSA) is 60.4 Å². The molecule has 192 valence electrons. The summed E-state index contributed by atoms with van der Waals surface area (Å²) >= 11 is 13.7. The molecule has 1 heterocycles. The zero-order chi connectivity index (χ0) is 26.4. The summed E-state index contributed by atoms with van der Waals surface area (Å²) in [6.07, 6.45) is 1.81. The first-order valence-corrected chi connectivity index (χ1v) is 14.2. The van der Waals surface area contributed by atoms with Crippen LogP contribution in [0.4, 0.5) is 5.69 Å². The average Bonchev–Trinajstić information content (AvgIpc) is 3.17. The molecule has 37 heavy (non-hydrogen) atoms. The Kier molecular flexibility index (Phi) is 9.94. The zero-order valence-electron chi connectivity index (χ0n) is 20.0. The van der Waals surface area contributed by atoms with Gasteiger partial charge in [0, 0.05) is 10.7 Å². The first kappa shape index (κ1) is 28.0. The molecule has 3 aromatic rings. The lowest BCUT2D eigenvalue weighted by Crippen LogP contribution is -2.32. The van der Waals surface area contributed by atoms with Gasteiger partial charge in [0.2, 0.25) is 0 Å². The van der Waals surface area contributed by atoms with E-state index in [1.807, 2.05) is 60.7 Å². The molecule has 1 fully saturated rings. The monoisotopic (exact) mass is 712 g/mol. The third-order valence-corrected chi connectivity index (χ3v) is 7.91. The Morgan fingerprint density at radius 3 is 2.49 bits per heavy atom. The molecule has 1 aliphatic rings. The van der Waals surface area contributed by atoms with Crippen LogP contribution in [0.15, 0.2) is 75.0 Å². The van der Waals surface area contributed by atoms with Crippen LogP contribution in [0.1, 0.15) is 11.1 Å². The van der Waals surface area contributed by atoms with Crippen molar-refractivity contribution in [1.82, 2.24) is 4.90 Å². The summed E-state index contributed by atoms with van der Waals surface area (Å²) in [6.45, 7) is 1.18. The predicted octanol–water partition coefficient (Wildman–Crippen LogP) is 7.55. The highest BCUT2D eigenvalue weighted by molar-refractivity contribution is 14.1. The maximum Gasteiger partial charge on any atom is 0.266 e. The van der Waals surface area contributed by atoms with Gasteiger partial charge >= 0.3 is 0 Å². The maximum absolute atomic E-state index is 13.2. The molecule has 0 spiro atoms.